The van der Waals surface area contributed by atoms with Crippen molar-refractivity contribution in [3.63, 3.8) is 0 Å². The predicted octanol–water partition coefficient (Wildman–Crippen LogP) is 4.90. The van der Waals surface area contributed by atoms with Crippen LogP contribution >= 0.6 is 11.6 Å². The first-order valence-corrected chi connectivity index (χ1v) is 8.58. The number of esters is 1. The monoisotopic (exact) mass is 428 g/mol. The van der Waals surface area contributed by atoms with Gasteiger partial charge in [0.25, 0.3) is 5.78 Å². The van der Waals surface area contributed by atoms with Gasteiger partial charge in [-0.3, -0.25) is 4.79 Å². The van der Waals surface area contributed by atoms with Crippen LogP contribution in [0, 0.1) is 12.7 Å². The van der Waals surface area contributed by atoms with E-state index in [2.05, 4.69) is 4.74 Å². The second-order valence-corrected chi connectivity index (χ2v) is 6.73. The van der Waals surface area contributed by atoms with Crippen molar-refractivity contribution in [2.45, 2.75) is 19.2 Å². The fraction of sp³-hybridized carbons (Fsp3) is 0.200. The minimum absolute atomic E-state index is 0.0428. The second-order valence-electron chi connectivity index (χ2n) is 6.30. The molecule has 2 aromatic rings. The van der Waals surface area contributed by atoms with Gasteiger partial charge in [-0.15, -0.1) is 0 Å². The Balaban J connectivity index is 2.23. The zero-order chi connectivity index (χ0) is 21.5. The molecule has 1 atom stereocenters. The second kappa shape index (κ2) is 7.51. The summed E-state index contributed by atoms with van der Waals surface area (Å²) in [5.41, 5.74) is -0.184. The normalized spacial score (nSPS) is 15.8. The van der Waals surface area contributed by atoms with Gasteiger partial charge < -0.3 is 9.47 Å². The Morgan fingerprint density at radius 3 is 2.45 bits per heavy atom. The highest BCUT2D eigenvalue weighted by molar-refractivity contribution is 6.42. The molecule has 0 aromatic heterocycles. The van der Waals surface area contributed by atoms with E-state index in [-0.39, 0.29) is 27.5 Å². The van der Waals surface area contributed by atoms with Crippen LogP contribution in [0.4, 0.5) is 17.6 Å². The number of rotatable bonds is 3. The highest BCUT2D eigenvalue weighted by atomic mass is 35.5. The molecule has 1 aliphatic rings. The molecule has 2 aromatic carbocycles. The third kappa shape index (κ3) is 3.98. The van der Waals surface area contributed by atoms with Crippen molar-refractivity contribution in [3.8, 4) is 16.9 Å². The number of Topliss-reactive ketones (excluding diaryl/α,β-unsaturated/α-hetero) is 1. The number of hydrogen-bond acceptors (Lipinski definition) is 4. The van der Waals surface area contributed by atoms with E-state index >= 15 is 0 Å². The van der Waals surface area contributed by atoms with Crippen LogP contribution in [-0.2, 0) is 14.3 Å². The van der Waals surface area contributed by atoms with Crippen molar-refractivity contribution >= 4 is 29.4 Å². The zero-order valence-corrected chi connectivity index (χ0v) is 15.8. The molecule has 0 fully saturated rings. The maximum Gasteiger partial charge on any atom is 0.429 e. The fourth-order valence-corrected chi connectivity index (χ4v) is 3.12. The first-order chi connectivity index (χ1) is 13.5. The topological polar surface area (TPSA) is 52.6 Å². The molecular formula is C20H13ClF4O4. The van der Waals surface area contributed by atoms with Crippen molar-refractivity contribution in [2.24, 2.45) is 0 Å². The predicted molar refractivity (Wildman–Crippen MR) is 97.1 cm³/mol. The zero-order valence-electron chi connectivity index (χ0n) is 15.1. The molecule has 0 amide bonds. The van der Waals surface area contributed by atoms with E-state index in [9.17, 15) is 27.2 Å². The Hall–Kier alpha value is -2.87. The van der Waals surface area contributed by atoms with E-state index in [1.807, 2.05) is 0 Å². The number of benzene rings is 2. The van der Waals surface area contributed by atoms with Crippen LogP contribution in [-0.4, -0.2) is 31.1 Å². The third-order valence-electron chi connectivity index (χ3n) is 4.32. The summed E-state index contributed by atoms with van der Waals surface area (Å²) in [6.45, 7) is 1.54. The first-order valence-electron chi connectivity index (χ1n) is 8.20. The summed E-state index contributed by atoms with van der Waals surface area (Å²) in [6, 6.07) is 6.73. The van der Waals surface area contributed by atoms with Crippen LogP contribution in [0.1, 0.15) is 11.1 Å². The highest BCUT2D eigenvalue weighted by Crippen LogP contribution is 2.44. The Labute approximate surface area is 167 Å². The Morgan fingerprint density at radius 2 is 1.86 bits per heavy atom. The molecule has 0 bridgehead atoms. The number of fused-ring (bicyclic) bond motifs is 1. The average molecular weight is 429 g/mol. The first kappa shape index (κ1) is 20.9. The van der Waals surface area contributed by atoms with Gasteiger partial charge in [0.15, 0.2) is 0 Å². The van der Waals surface area contributed by atoms with Crippen LogP contribution < -0.4 is 4.74 Å². The van der Waals surface area contributed by atoms with Crippen molar-refractivity contribution in [3.05, 3.63) is 57.9 Å². The molecule has 4 nitrogen and oxygen atoms in total. The smallest absolute Gasteiger partial charge is 0.429 e. The summed E-state index contributed by atoms with van der Waals surface area (Å²) in [5, 5.41) is 0.120. The molecule has 0 N–H and O–H groups in total. The molecule has 1 aliphatic heterocycles. The number of alkyl halides is 3. The van der Waals surface area contributed by atoms with Gasteiger partial charge in [0, 0.05) is 16.1 Å². The van der Waals surface area contributed by atoms with Crippen molar-refractivity contribution in [2.75, 3.05) is 7.11 Å². The lowest BCUT2D eigenvalue weighted by Gasteiger charge is -2.29. The largest absolute Gasteiger partial charge is 0.475 e. The van der Waals surface area contributed by atoms with Crippen molar-refractivity contribution in [1.29, 1.82) is 0 Å². The summed E-state index contributed by atoms with van der Waals surface area (Å²) < 4.78 is 64.1. The number of ether oxygens (including phenoxy) is 2. The molecule has 0 unspecified atom stereocenters. The van der Waals surface area contributed by atoms with Crippen molar-refractivity contribution < 1.29 is 36.6 Å². The number of aryl methyl sites for hydroxylation is 1. The number of carbonyl (C=O) groups excluding carboxylic acids is 2. The van der Waals surface area contributed by atoms with Crippen LogP contribution in [0.15, 0.2) is 35.9 Å². The van der Waals surface area contributed by atoms with Crippen LogP contribution in [0.5, 0.6) is 5.75 Å². The van der Waals surface area contributed by atoms with Gasteiger partial charge in [-0.25, -0.2) is 9.18 Å². The van der Waals surface area contributed by atoms with Gasteiger partial charge in [0.2, 0.25) is 6.10 Å². The minimum Gasteiger partial charge on any atom is -0.475 e. The maximum atomic E-state index is 14.0. The number of hydrogen-bond donors (Lipinski definition) is 0. The van der Waals surface area contributed by atoms with Crippen LogP contribution in [0.3, 0.4) is 0 Å². The van der Waals surface area contributed by atoms with E-state index < -0.39 is 35.4 Å². The average Bonchev–Trinajstić information content (AvgIpc) is 2.66. The molecule has 0 saturated carbocycles. The molecule has 0 spiro atoms. The van der Waals surface area contributed by atoms with Gasteiger partial charge in [0.05, 0.1) is 12.7 Å². The van der Waals surface area contributed by atoms with Gasteiger partial charge in [-0.1, -0.05) is 23.7 Å². The van der Waals surface area contributed by atoms with Gasteiger partial charge in [-0.2, -0.15) is 13.2 Å². The molecule has 29 heavy (non-hydrogen) atoms. The number of methoxy groups -OCH3 is 1. The van der Waals surface area contributed by atoms with Crippen LogP contribution in [0.25, 0.3) is 17.2 Å². The van der Waals surface area contributed by atoms with E-state index in [1.54, 1.807) is 0 Å². The maximum absolute atomic E-state index is 14.0. The van der Waals surface area contributed by atoms with Gasteiger partial charge in [-0.05, 0) is 42.3 Å². The summed E-state index contributed by atoms with van der Waals surface area (Å²) >= 11 is 6.07. The lowest BCUT2D eigenvalue weighted by atomic mass is 9.93. The molecule has 3 rings (SSSR count). The molecule has 0 saturated heterocycles. The highest BCUT2D eigenvalue weighted by Gasteiger charge is 2.49. The minimum atomic E-state index is -5.00. The number of carbonyl (C=O) groups is 2. The Bertz CT molecular complexity index is 1040. The van der Waals surface area contributed by atoms with E-state index in [0.29, 0.717) is 5.56 Å². The van der Waals surface area contributed by atoms with Crippen LogP contribution in [0.2, 0.25) is 5.02 Å². The molecule has 0 aliphatic carbocycles. The van der Waals surface area contributed by atoms with E-state index in [1.165, 1.54) is 31.2 Å². The summed E-state index contributed by atoms with van der Waals surface area (Å²) in [5.74, 6) is -3.73. The quantitative estimate of drug-likeness (QED) is 0.396. The summed E-state index contributed by atoms with van der Waals surface area (Å²) in [6.07, 6.45) is -6.81. The Morgan fingerprint density at radius 1 is 1.17 bits per heavy atom. The lowest BCUT2D eigenvalue weighted by Crippen LogP contribution is -2.42. The standard InChI is InChI=1S/C20H13ClF4O4/c1-9-3-4-10(7-15(9)22)13-8-12(21)5-11-6-14(16(26)19(27)28-2)18(20(23,24)25)29-17(11)13/h3-8,18H,1-2H3/t18-/m0/s1. The third-order valence-corrected chi connectivity index (χ3v) is 4.54. The fourth-order valence-electron chi connectivity index (χ4n) is 2.89. The summed E-state index contributed by atoms with van der Waals surface area (Å²) in [7, 11) is 0.877. The molecule has 152 valence electrons. The summed E-state index contributed by atoms with van der Waals surface area (Å²) in [4.78, 5) is 23.6. The Kier molecular flexibility index (Phi) is 5.40. The molecule has 1 heterocycles. The van der Waals surface area contributed by atoms with Gasteiger partial charge in [0.1, 0.15) is 11.6 Å². The lowest BCUT2D eigenvalue weighted by molar-refractivity contribution is -0.185. The SMILES string of the molecule is COC(=O)C(=O)C1=Cc2cc(Cl)cc(-c3ccc(C)c(F)c3)c2O[C@@H]1C(F)(F)F. The van der Waals surface area contributed by atoms with E-state index in [0.717, 1.165) is 19.3 Å². The molecule has 9 heteroatoms. The van der Waals surface area contributed by atoms with Crippen molar-refractivity contribution in [1.82, 2.24) is 0 Å². The molecule has 0 radical (unpaired) electrons. The number of halogens is 5. The van der Waals surface area contributed by atoms with E-state index in [4.69, 9.17) is 16.3 Å². The van der Waals surface area contributed by atoms with Gasteiger partial charge >= 0.3 is 12.1 Å². The molecular weight excluding hydrogens is 416 g/mol. The number of ketones is 1.